The average Bonchev–Trinajstić information content (AvgIpc) is 2.72. The van der Waals surface area contributed by atoms with Gasteiger partial charge in [0.25, 0.3) is 8.23 Å². The van der Waals surface area contributed by atoms with Gasteiger partial charge in [0, 0.05) is 0 Å². The molecule has 0 fully saturated rings. The second-order valence-electron chi connectivity index (χ2n) is 8.38. The van der Waals surface area contributed by atoms with E-state index in [0.717, 1.165) is 0 Å². The zero-order valence-electron chi connectivity index (χ0n) is 21.5. The molecule has 0 aliphatic heterocycles. The molecule has 0 aromatic carbocycles. The predicted molar refractivity (Wildman–Crippen MR) is 149 cm³/mol. The van der Waals surface area contributed by atoms with Crippen LogP contribution < -0.4 is 0 Å². The van der Waals surface area contributed by atoms with Crippen LogP contribution in [0.1, 0.15) is 119 Å². The van der Waals surface area contributed by atoms with E-state index in [0.29, 0.717) is 0 Å². The molecule has 0 heterocycles. The molecule has 0 aliphatic rings. The fourth-order valence-electron chi connectivity index (χ4n) is 3.31. The maximum absolute atomic E-state index is 10.4. The van der Waals surface area contributed by atoms with Gasteiger partial charge in [0.2, 0.25) is 0 Å². The van der Waals surface area contributed by atoms with Gasteiger partial charge >= 0.3 is 185 Å². The zero-order valence-corrected chi connectivity index (χ0v) is 29.3. The first-order valence-corrected chi connectivity index (χ1v) is 27.8. The molecule has 1 unspecified atom stereocenters. The van der Waals surface area contributed by atoms with Gasteiger partial charge in [-0.25, -0.2) is 0 Å². The molecule has 0 aliphatic carbocycles. The summed E-state index contributed by atoms with van der Waals surface area (Å²) in [6.45, 7) is 14.0. The molecule has 0 aromatic rings. The van der Waals surface area contributed by atoms with Gasteiger partial charge in [-0.15, -0.1) is 0 Å². The van der Waals surface area contributed by atoms with Gasteiger partial charge < -0.3 is 0 Å². The van der Waals surface area contributed by atoms with Crippen molar-refractivity contribution in [3.8, 4) is 0 Å². The van der Waals surface area contributed by atoms with Crippen molar-refractivity contribution in [2.75, 3.05) is 0 Å². The van der Waals surface area contributed by atoms with Crippen molar-refractivity contribution < 1.29 is 8.39 Å². The molecule has 0 spiro atoms. The first-order valence-electron chi connectivity index (χ1n) is 13.0. The standard InChI is InChI=1S/6C4H9.F2H2P2.2Sn/c6*1-3-4-2;1-4(2)3;;/h6*1,3-4H2,2H3;3H2;;. The van der Waals surface area contributed by atoms with Gasteiger partial charge in [0.1, 0.15) is 0 Å². The smallest absolute Gasteiger partial charge is 0.184 e. The molecule has 0 rings (SSSR count). The fraction of sp³-hybridized carbons (Fsp3) is 1.00. The molecule has 1 atom stereocenters. The number of hydrogen-bond acceptors (Lipinski definition) is 0. The van der Waals surface area contributed by atoms with Crippen molar-refractivity contribution >= 4 is 56.7 Å². The third kappa shape index (κ3) is 37.6. The Kier molecular flexibility index (Phi) is 41.2. The first kappa shape index (κ1) is 36.9. The Morgan fingerprint density at radius 1 is 0.467 bits per heavy atom. The van der Waals surface area contributed by atoms with Gasteiger partial charge in [0.15, 0.2) is 0 Å². The molecule has 6 heteroatoms. The van der Waals surface area contributed by atoms with Crippen molar-refractivity contribution in [3.05, 3.63) is 0 Å². The molecule has 0 bridgehead atoms. The van der Waals surface area contributed by atoms with Gasteiger partial charge in [-0.1, -0.05) is 0 Å². The molecule has 0 N–H and O–H groups in total. The summed E-state index contributed by atoms with van der Waals surface area (Å²) >= 11 is -1.68. The maximum Gasteiger partial charge on any atom is 0.281 e. The van der Waals surface area contributed by atoms with Crippen LogP contribution in [0.4, 0.5) is 8.39 Å². The summed E-state index contributed by atoms with van der Waals surface area (Å²) < 4.78 is 30.8. The van der Waals surface area contributed by atoms with Crippen molar-refractivity contribution in [2.45, 2.75) is 145 Å². The van der Waals surface area contributed by atoms with Crippen LogP contribution in [-0.4, -0.2) is 39.5 Å². The monoisotopic (exact) mass is 684 g/mol. The summed E-state index contributed by atoms with van der Waals surface area (Å²) in [5, 5.41) is 0. The number of halogens is 2. The summed E-state index contributed by atoms with van der Waals surface area (Å²) in [4.78, 5) is 0. The normalized spacial score (nSPS) is 10.8. The van der Waals surface area contributed by atoms with Crippen LogP contribution >= 0.6 is 17.2 Å². The van der Waals surface area contributed by atoms with Crippen molar-refractivity contribution in [1.82, 2.24) is 0 Å². The van der Waals surface area contributed by atoms with E-state index in [4.69, 9.17) is 0 Å². The Balaban J connectivity index is -0.000000412. The average molecular weight is 682 g/mol. The van der Waals surface area contributed by atoms with Crippen LogP contribution in [0.5, 0.6) is 0 Å². The van der Waals surface area contributed by atoms with Gasteiger partial charge in [0.05, 0.1) is 0 Å². The summed E-state index contributed by atoms with van der Waals surface area (Å²) in [7, 11) is -1.31. The van der Waals surface area contributed by atoms with Crippen LogP contribution in [0.2, 0.25) is 26.6 Å². The summed E-state index contributed by atoms with van der Waals surface area (Å²) in [6, 6.07) is 0. The van der Waals surface area contributed by atoms with Crippen molar-refractivity contribution in [2.24, 2.45) is 0 Å². The summed E-state index contributed by atoms with van der Waals surface area (Å²) in [6.07, 6.45) is 17.7. The van der Waals surface area contributed by atoms with Gasteiger partial charge in [-0.2, -0.15) is 8.39 Å². The Morgan fingerprint density at radius 2 is 0.600 bits per heavy atom. The molecule has 0 saturated heterocycles. The number of rotatable bonds is 18. The third-order valence-electron chi connectivity index (χ3n) is 5.30. The number of unbranched alkanes of at least 4 members (excludes halogenated alkanes) is 6. The van der Waals surface area contributed by atoms with Gasteiger partial charge in [-0.05, 0) is 8.93 Å². The molecule has 2 radical (unpaired) electrons. The van der Waals surface area contributed by atoms with Crippen LogP contribution in [-0.2, 0) is 0 Å². The van der Waals surface area contributed by atoms with E-state index in [1.807, 2.05) is 0 Å². The summed E-state index contributed by atoms with van der Waals surface area (Å²) in [5.74, 6) is 0. The largest absolute Gasteiger partial charge is 0.281 e. The quantitative estimate of drug-likeness (QED) is 0.0998. The Morgan fingerprint density at radius 3 is 0.700 bits per heavy atom. The third-order valence-corrected chi connectivity index (χ3v) is 23.5. The summed E-state index contributed by atoms with van der Waals surface area (Å²) in [5.41, 5.74) is 0. The topological polar surface area (TPSA) is 0 Å². The minimum absolute atomic E-state index is 0.839. The molecular formula is C24H56F2P2Sn2. The molecule has 0 aromatic heterocycles. The molecular weight excluding hydrogens is 626 g/mol. The fourth-order valence-corrected chi connectivity index (χ4v) is 22.2. The molecule has 184 valence electrons. The minimum atomic E-state index is -2.70. The van der Waals surface area contributed by atoms with E-state index in [1.54, 1.807) is 26.6 Å². The Bertz CT molecular complexity index is 221. The predicted octanol–water partition coefficient (Wildman–Crippen LogP) is 11.8. The molecule has 0 saturated carbocycles. The second kappa shape index (κ2) is 33.5. The van der Waals surface area contributed by atoms with Crippen LogP contribution in [0, 0.1) is 0 Å². The van der Waals surface area contributed by atoms with E-state index in [9.17, 15) is 8.39 Å². The van der Waals surface area contributed by atoms with Crippen molar-refractivity contribution in [1.29, 1.82) is 0 Å². The van der Waals surface area contributed by atoms with Gasteiger partial charge in [-0.3, -0.25) is 0 Å². The minimum Gasteiger partial charge on any atom is -0.184 e. The number of hydrogen-bond donors (Lipinski definition) is 0. The van der Waals surface area contributed by atoms with Crippen LogP contribution in [0.15, 0.2) is 0 Å². The van der Waals surface area contributed by atoms with Crippen molar-refractivity contribution in [3.63, 3.8) is 0 Å². The van der Waals surface area contributed by atoms with E-state index in [2.05, 4.69) is 41.5 Å². The Labute approximate surface area is 208 Å². The van der Waals surface area contributed by atoms with Crippen LogP contribution in [0.25, 0.3) is 0 Å². The molecule has 30 heavy (non-hydrogen) atoms. The van der Waals surface area contributed by atoms with E-state index >= 15 is 0 Å². The SMILES string of the molecule is CCC[CH2][Sn]([CH2]CCC)[CH2]CCC.CCC[CH2][Sn]([CH2]CCC)[CH2]CCC.FP(F)P. The Hall–Kier alpha value is 2.32. The van der Waals surface area contributed by atoms with Crippen LogP contribution in [0.3, 0.4) is 0 Å². The molecule has 0 amide bonds. The van der Waals surface area contributed by atoms with E-state index in [1.165, 1.54) is 86.0 Å². The molecule has 0 nitrogen and oxygen atoms in total. The van der Waals surface area contributed by atoms with E-state index in [-0.39, 0.29) is 0 Å². The second-order valence-corrected chi connectivity index (χ2v) is 27.2. The maximum atomic E-state index is 10.4. The zero-order chi connectivity index (χ0) is 23.5. The first-order chi connectivity index (χ1) is 14.4. The van der Waals surface area contributed by atoms with E-state index < -0.39 is 47.8 Å².